The van der Waals surface area contributed by atoms with Gasteiger partial charge in [0.2, 0.25) is 11.8 Å². The maximum absolute atomic E-state index is 13.2. The van der Waals surface area contributed by atoms with E-state index in [0.717, 1.165) is 5.56 Å². The highest BCUT2D eigenvalue weighted by molar-refractivity contribution is 5.92. The van der Waals surface area contributed by atoms with Crippen molar-refractivity contribution in [2.45, 2.75) is 26.4 Å². The molecule has 0 saturated heterocycles. The summed E-state index contributed by atoms with van der Waals surface area (Å²) in [6.07, 6.45) is 0. The number of nitrogens with one attached hydrogen (secondary N) is 1. The van der Waals surface area contributed by atoms with E-state index in [4.69, 9.17) is 0 Å². The van der Waals surface area contributed by atoms with Crippen LogP contribution in [0.1, 0.15) is 19.4 Å². The van der Waals surface area contributed by atoms with Gasteiger partial charge in [-0.25, -0.2) is 4.39 Å². The molecule has 2 rings (SSSR count). The number of hydrogen-bond acceptors (Lipinski definition) is 3. The predicted octanol–water partition coefficient (Wildman–Crippen LogP) is 3.13. The van der Waals surface area contributed by atoms with Crippen LogP contribution in [0.15, 0.2) is 54.6 Å². The van der Waals surface area contributed by atoms with E-state index in [9.17, 15) is 14.0 Å². The molecular formula is C21H26FN3O2. The Balaban J connectivity index is 1.92. The minimum atomic E-state index is -0.452. The maximum atomic E-state index is 13.2. The van der Waals surface area contributed by atoms with Crippen LogP contribution >= 0.6 is 0 Å². The summed E-state index contributed by atoms with van der Waals surface area (Å²) in [6.45, 7) is 4.87. The van der Waals surface area contributed by atoms with E-state index in [1.807, 2.05) is 37.3 Å². The lowest BCUT2D eigenvalue weighted by Crippen LogP contribution is -2.47. The molecule has 0 unspecified atom stereocenters. The zero-order chi connectivity index (χ0) is 19.8. The molecular weight excluding hydrogens is 345 g/mol. The van der Waals surface area contributed by atoms with E-state index in [2.05, 4.69) is 5.32 Å². The molecule has 0 aliphatic rings. The Kier molecular flexibility index (Phi) is 7.49. The SMILES string of the molecule is CCN(Cc1ccccc1)C(=O)[C@@H](C)N(C)CC(=O)Nc1cccc(F)c1. The predicted molar refractivity (Wildman–Crippen MR) is 105 cm³/mol. The van der Waals surface area contributed by atoms with Crippen molar-refractivity contribution in [3.63, 3.8) is 0 Å². The van der Waals surface area contributed by atoms with Crippen molar-refractivity contribution in [3.8, 4) is 0 Å². The lowest BCUT2D eigenvalue weighted by molar-refractivity contribution is -0.136. The van der Waals surface area contributed by atoms with Crippen LogP contribution < -0.4 is 5.32 Å². The maximum Gasteiger partial charge on any atom is 0.239 e. The topological polar surface area (TPSA) is 52.7 Å². The number of halogens is 1. The summed E-state index contributed by atoms with van der Waals surface area (Å²) in [7, 11) is 1.73. The molecule has 0 aliphatic heterocycles. The summed E-state index contributed by atoms with van der Waals surface area (Å²) in [5.41, 5.74) is 1.46. The summed E-state index contributed by atoms with van der Waals surface area (Å²) in [6, 6.07) is 15.1. The number of rotatable bonds is 8. The number of nitrogens with zero attached hydrogens (tertiary/aromatic N) is 2. The number of hydrogen-bond donors (Lipinski definition) is 1. The van der Waals surface area contributed by atoms with Crippen LogP contribution in [0, 0.1) is 5.82 Å². The number of likely N-dealkylation sites (N-methyl/N-ethyl adjacent to an activating group) is 2. The van der Waals surface area contributed by atoms with Gasteiger partial charge >= 0.3 is 0 Å². The fourth-order valence-corrected chi connectivity index (χ4v) is 2.73. The number of amides is 2. The fourth-order valence-electron chi connectivity index (χ4n) is 2.73. The van der Waals surface area contributed by atoms with Crippen LogP contribution in [0.3, 0.4) is 0 Å². The minimum absolute atomic E-state index is 0.0340. The van der Waals surface area contributed by atoms with Gasteiger partial charge in [0.25, 0.3) is 0 Å². The Bertz CT molecular complexity index is 767. The standard InChI is InChI=1S/C21H26FN3O2/c1-4-25(14-17-9-6-5-7-10-17)21(27)16(2)24(3)15-20(26)23-19-12-8-11-18(22)13-19/h5-13,16H,4,14-15H2,1-3H3,(H,23,26)/t16-/m1/s1. The van der Waals surface area contributed by atoms with Gasteiger partial charge in [0.15, 0.2) is 0 Å². The Morgan fingerprint density at radius 1 is 1.11 bits per heavy atom. The number of benzene rings is 2. The summed E-state index contributed by atoms with van der Waals surface area (Å²) in [4.78, 5) is 28.4. The third kappa shape index (κ3) is 6.18. The number of carbonyl (C=O) groups excluding carboxylic acids is 2. The highest BCUT2D eigenvalue weighted by atomic mass is 19.1. The van der Waals surface area contributed by atoms with Crippen molar-refractivity contribution in [1.29, 1.82) is 0 Å². The Hall–Kier alpha value is -2.73. The minimum Gasteiger partial charge on any atom is -0.337 e. The Labute approximate surface area is 159 Å². The van der Waals surface area contributed by atoms with Gasteiger partial charge in [-0.3, -0.25) is 14.5 Å². The van der Waals surface area contributed by atoms with Crippen LogP contribution in [-0.2, 0) is 16.1 Å². The first-order valence-corrected chi connectivity index (χ1v) is 8.99. The van der Waals surface area contributed by atoms with Gasteiger partial charge in [0, 0.05) is 18.8 Å². The molecule has 0 saturated carbocycles. The molecule has 0 bridgehead atoms. The average molecular weight is 371 g/mol. The van der Waals surface area contributed by atoms with Crippen LogP contribution in [0.5, 0.6) is 0 Å². The molecule has 0 radical (unpaired) electrons. The van der Waals surface area contributed by atoms with E-state index < -0.39 is 11.9 Å². The first-order chi connectivity index (χ1) is 12.9. The van der Waals surface area contributed by atoms with Gasteiger partial charge in [-0.1, -0.05) is 36.4 Å². The second-order valence-corrected chi connectivity index (χ2v) is 6.49. The third-order valence-electron chi connectivity index (χ3n) is 4.43. The monoisotopic (exact) mass is 371 g/mol. The van der Waals surface area contributed by atoms with Crippen molar-refractivity contribution >= 4 is 17.5 Å². The third-order valence-corrected chi connectivity index (χ3v) is 4.43. The summed E-state index contributed by atoms with van der Waals surface area (Å²) in [5.74, 6) is -0.750. The number of carbonyl (C=O) groups is 2. The molecule has 2 aromatic carbocycles. The lowest BCUT2D eigenvalue weighted by Gasteiger charge is -2.29. The molecule has 144 valence electrons. The summed E-state index contributed by atoms with van der Waals surface area (Å²) in [5, 5.41) is 2.64. The summed E-state index contributed by atoms with van der Waals surface area (Å²) >= 11 is 0. The quantitative estimate of drug-likeness (QED) is 0.776. The van der Waals surface area contributed by atoms with E-state index in [0.29, 0.717) is 18.8 Å². The molecule has 0 aliphatic carbocycles. The largest absolute Gasteiger partial charge is 0.337 e. The number of anilines is 1. The normalized spacial score (nSPS) is 11.9. The molecule has 2 amide bonds. The highest BCUT2D eigenvalue weighted by Gasteiger charge is 2.24. The molecule has 6 heteroatoms. The molecule has 0 fully saturated rings. The van der Waals surface area contributed by atoms with Gasteiger partial charge in [0.05, 0.1) is 12.6 Å². The molecule has 5 nitrogen and oxygen atoms in total. The Morgan fingerprint density at radius 3 is 2.44 bits per heavy atom. The van der Waals surface area contributed by atoms with Crippen molar-refractivity contribution < 1.29 is 14.0 Å². The van der Waals surface area contributed by atoms with E-state index in [-0.39, 0.29) is 18.4 Å². The van der Waals surface area contributed by atoms with Crippen LogP contribution in [0.2, 0.25) is 0 Å². The van der Waals surface area contributed by atoms with Crippen LogP contribution in [0.4, 0.5) is 10.1 Å². The van der Waals surface area contributed by atoms with Crippen molar-refractivity contribution in [2.75, 3.05) is 25.5 Å². The van der Waals surface area contributed by atoms with Crippen LogP contribution in [-0.4, -0.2) is 47.8 Å². The van der Waals surface area contributed by atoms with Gasteiger partial charge in [-0.15, -0.1) is 0 Å². The Morgan fingerprint density at radius 2 is 1.81 bits per heavy atom. The first kappa shape index (κ1) is 20.6. The second-order valence-electron chi connectivity index (χ2n) is 6.49. The molecule has 2 aromatic rings. The summed E-state index contributed by atoms with van der Waals surface area (Å²) < 4.78 is 13.2. The van der Waals surface area contributed by atoms with Crippen molar-refractivity contribution in [3.05, 3.63) is 66.0 Å². The molecule has 1 atom stereocenters. The van der Waals surface area contributed by atoms with E-state index >= 15 is 0 Å². The molecule has 0 aromatic heterocycles. The zero-order valence-corrected chi connectivity index (χ0v) is 16.0. The first-order valence-electron chi connectivity index (χ1n) is 8.99. The van der Waals surface area contributed by atoms with Gasteiger partial charge in [0.1, 0.15) is 5.82 Å². The molecule has 0 heterocycles. The van der Waals surface area contributed by atoms with Crippen molar-refractivity contribution in [2.24, 2.45) is 0 Å². The van der Waals surface area contributed by atoms with Crippen molar-refractivity contribution in [1.82, 2.24) is 9.80 Å². The van der Waals surface area contributed by atoms with Gasteiger partial charge in [-0.05, 0) is 44.7 Å². The second kappa shape index (κ2) is 9.83. The van der Waals surface area contributed by atoms with Gasteiger partial charge < -0.3 is 10.2 Å². The molecule has 1 N–H and O–H groups in total. The van der Waals surface area contributed by atoms with Crippen LogP contribution in [0.25, 0.3) is 0 Å². The van der Waals surface area contributed by atoms with E-state index in [1.165, 1.54) is 18.2 Å². The molecule has 0 spiro atoms. The van der Waals surface area contributed by atoms with Gasteiger partial charge in [-0.2, -0.15) is 0 Å². The highest BCUT2D eigenvalue weighted by Crippen LogP contribution is 2.11. The lowest BCUT2D eigenvalue weighted by atomic mass is 10.2. The zero-order valence-electron chi connectivity index (χ0n) is 16.0. The smallest absolute Gasteiger partial charge is 0.239 e. The molecule has 27 heavy (non-hydrogen) atoms. The average Bonchev–Trinajstić information content (AvgIpc) is 2.65. The fraction of sp³-hybridized carbons (Fsp3) is 0.333. The van der Waals surface area contributed by atoms with E-state index in [1.54, 1.807) is 29.8 Å².